The summed E-state index contributed by atoms with van der Waals surface area (Å²) in [6.07, 6.45) is 1.44. The Morgan fingerprint density at radius 2 is 2.00 bits per heavy atom. The normalized spacial score (nSPS) is 10.3. The lowest BCUT2D eigenvalue weighted by molar-refractivity contribution is 1.18. The monoisotopic (exact) mass is 380 g/mol. The van der Waals surface area contributed by atoms with Crippen molar-refractivity contribution in [1.82, 2.24) is 9.97 Å². The van der Waals surface area contributed by atoms with Crippen LogP contribution in [0.15, 0.2) is 24.4 Å². The third kappa shape index (κ3) is 3.11. The molecular weight excluding hydrogens is 374 g/mol. The van der Waals surface area contributed by atoms with Crippen molar-refractivity contribution < 1.29 is 0 Å². The average molecular weight is 381 g/mol. The standard InChI is InChI=1S/C10H7Cl2IN4/c11-6-3-5(13)1-2-8(6)16-9-7(12)4-15-10(14)17-9/h1-4H,(H3,14,15,16,17). The molecule has 0 unspecified atom stereocenters. The van der Waals surface area contributed by atoms with Gasteiger partial charge in [-0.15, -0.1) is 0 Å². The highest BCUT2D eigenvalue weighted by atomic mass is 127. The van der Waals surface area contributed by atoms with E-state index in [1.54, 1.807) is 0 Å². The molecular formula is C10H7Cl2IN4. The highest BCUT2D eigenvalue weighted by molar-refractivity contribution is 14.1. The molecule has 1 aromatic carbocycles. The summed E-state index contributed by atoms with van der Waals surface area (Å²) in [5, 5.41) is 3.98. The van der Waals surface area contributed by atoms with Crippen molar-refractivity contribution in [3.8, 4) is 0 Å². The number of hydrogen-bond donors (Lipinski definition) is 2. The van der Waals surface area contributed by atoms with Gasteiger partial charge in [0.1, 0.15) is 5.02 Å². The number of nitrogens with zero attached hydrogens (tertiary/aromatic N) is 2. The minimum Gasteiger partial charge on any atom is -0.368 e. The molecule has 88 valence electrons. The molecule has 2 rings (SSSR count). The van der Waals surface area contributed by atoms with Crippen molar-refractivity contribution in [3.63, 3.8) is 0 Å². The van der Waals surface area contributed by atoms with E-state index in [-0.39, 0.29) is 5.95 Å². The molecule has 0 bridgehead atoms. The summed E-state index contributed by atoms with van der Waals surface area (Å²) in [6, 6.07) is 5.61. The molecule has 0 spiro atoms. The van der Waals surface area contributed by atoms with Crippen molar-refractivity contribution >= 4 is 63.2 Å². The van der Waals surface area contributed by atoms with Crippen LogP contribution in [0.5, 0.6) is 0 Å². The van der Waals surface area contributed by atoms with Gasteiger partial charge in [0, 0.05) is 3.57 Å². The number of hydrogen-bond acceptors (Lipinski definition) is 4. The van der Waals surface area contributed by atoms with Crippen molar-refractivity contribution in [2.24, 2.45) is 0 Å². The Hall–Kier alpha value is -0.790. The lowest BCUT2D eigenvalue weighted by Gasteiger charge is -2.09. The SMILES string of the molecule is Nc1ncc(Cl)c(Nc2ccc(I)cc2Cl)n1. The third-order valence-electron chi connectivity index (χ3n) is 1.95. The van der Waals surface area contributed by atoms with Gasteiger partial charge in [0.05, 0.1) is 16.9 Å². The van der Waals surface area contributed by atoms with E-state index in [1.165, 1.54) is 6.20 Å². The molecule has 0 aliphatic rings. The number of anilines is 3. The fourth-order valence-corrected chi connectivity index (χ4v) is 2.23. The molecule has 0 saturated heterocycles. The zero-order valence-electron chi connectivity index (χ0n) is 8.42. The van der Waals surface area contributed by atoms with Crippen molar-refractivity contribution in [2.75, 3.05) is 11.1 Å². The van der Waals surface area contributed by atoms with Crippen LogP contribution in [0.4, 0.5) is 17.5 Å². The first-order valence-electron chi connectivity index (χ1n) is 4.56. The van der Waals surface area contributed by atoms with E-state index in [9.17, 15) is 0 Å². The van der Waals surface area contributed by atoms with Gasteiger partial charge < -0.3 is 11.1 Å². The molecule has 17 heavy (non-hydrogen) atoms. The lowest BCUT2D eigenvalue weighted by atomic mass is 10.3. The Balaban J connectivity index is 2.34. The summed E-state index contributed by atoms with van der Waals surface area (Å²) in [7, 11) is 0. The molecule has 7 heteroatoms. The number of halogens is 3. The first-order valence-corrected chi connectivity index (χ1v) is 6.40. The van der Waals surface area contributed by atoms with E-state index in [4.69, 9.17) is 28.9 Å². The predicted octanol–water partition coefficient (Wildman–Crippen LogP) is 3.71. The van der Waals surface area contributed by atoms with E-state index >= 15 is 0 Å². The molecule has 2 aromatic rings. The molecule has 1 aromatic heterocycles. The summed E-state index contributed by atoms with van der Waals surface area (Å²) < 4.78 is 1.05. The van der Waals surface area contributed by atoms with Gasteiger partial charge in [-0.2, -0.15) is 4.98 Å². The van der Waals surface area contributed by atoms with Gasteiger partial charge in [0.25, 0.3) is 0 Å². The summed E-state index contributed by atoms with van der Waals surface area (Å²) in [5.41, 5.74) is 6.20. The molecule has 0 atom stereocenters. The molecule has 3 N–H and O–H groups in total. The molecule has 0 radical (unpaired) electrons. The zero-order chi connectivity index (χ0) is 12.4. The van der Waals surface area contributed by atoms with Crippen LogP contribution in [0.2, 0.25) is 10.0 Å². The number of rotatable bonds is 2. The van der Waals surface area contributed by atoms with Crippen LogP contribution >= 0.6 is 45.8 Å². The van der Waals surface area contributed by atoms with E-state index in [0.717, 1.165) is 3.57 Å². The van der Waals surface area contributed by atoms with Crippen molar-refractivity contribution in [3.05, 3.63) is 38.0 Å². The number of nitrogens with one attached hydrogen (secondary N) is 1. The molecule has 0 amide bonds. The second kappa shape index (κ2) is 5.24. The maximum absolute atomic E-state index is 6.09. The molecule has 0 aliphatic carbocycles. The number of nitrogen functional groups attached to an aromatic ring is 1. The van der Waals surface area contributed by atoms with Gasteiger partial charge in [0.15, 0.2) is 5.82 Å². The Bertz CT molecular complexity index is 562. The van der Waals surface area contributed by atoms with E-state index < -0.39 is 0 Å². The van der Waals surface area contributed by atoms with Crippen LogP contribution in [-0.4, -0.2) is 9.97 Å². The highest BCUT2D eigenvalue weighted by Gasteiger charge is 2.07. The number of benzene rings is 1. The van der Waals surface area contributed by atoms with Crippen molar-refractivity contribution in [1.29, 1.82) is 0 Å². The predicted molar refractivity (Wildman–Crippen MR) is 78.9 cm³/mol. The van der Waals surface area contributed by atoms with Crippen LogP contribution in [0, 0.1) is 3.57 Å². The second-order valence-corrected chi connectivity index (χ2v) is 5.23. The van der Waals surface area contributed by atoms with Gasteiger partial charge in [-0.1, -0.05) is 23.2 Å². The largest absolute Gasteiger partial charge is 0.368 e. The summed E-state index contributed by atoms with van der Waals surface area (Å²) in [4.78, 5) is 7.77. The Morgan fingerprint density at radius 3 is 2.71 bits per heavy atom. The van der Waals surface area contributed by atoms with Crippen LogP contribution in [0.25, 0.3) is 0 Å². The minimum absolute atomic E-state index is 0.151. The lowest BCUT2D eigenvalue weighted by Crippen LogP contribution is -2.00. The fourth-order valence-electron chi connectivity index (χ4n) is 1.19. The highest BCUT2D eigenvalue weighted by Crippen LogP contribution is 2.29. The molecule has 0 saturated carbocycles. The van der Waals surface area contributed by atoms with Gasteiger partial charge >= 0.3 is 0 Å². The minimum atomic E-state index is 0.151. The van der Waals surface area contributed by atoms with Gasteiger partial charge in [-0.3, -0.25) is 0 Å². The summed E-state index contributed by atoms with van der Waals surface area (Å²) in [6.45, 7) is 0. The van der Waals surface area contributed by atoms with Crippen LogP contribution in [-0.2, 0) is 0 Å². The van der Waals surface area contributed by atoms with Crippen LogP contribution in [0.1, 0.15) is 0 Å². The van der Waals surface area contributed by atoms with Gasteiger partial charge in [-0.25, -0.2) is 4.98 Å². The molecule has 0 aliphatic heterocycles. The molecule has 1 heterocycles. The van der Waals surface area contributed by atoms with Crippen LogP contribution < -0.4 is 11.1 Å². The maximum atomic E-state index is 6.09. The molecule has 4 nitrogen and oxygen atoms in total. The third-order valence-corrected chi connectivity index (χ3v) is 3.21. The Kier molecular flexibility index (Phi) is 3.90. The zero-order valence-corrected chi connectivity index (χ0v) is 12.1. The van der Waals surface area contributed by atoms with Crippen molar-refractivity contribution in [2.45, 2.75) is 0 Å². The topological polar surface area (TPSA) is 63.8 Å². The fraction of sp³-hybridized carbons (Fsp3) is 0. The summed E-state index contributed by atoms with van der Waals surface area (Å²) in [5.74, 6) is 0.584. The van der Waals surface area contributed by atoms with Crippen LogP contribution in [0.3, 0.4) is 0 Å². The van der Waals surface area contributed by atoms with E-state index in [1.807, 2.05) is 18.2 Å². The second-order valence-electron chi connectivity index (χ2n) is 3.17. The molecule has 0 fully saturated rings. The summed E-state index contributed by atoms with van der Waals surface area (Å²) >= 11 is 14.2. The van der Waals surface area contributed by atoms with E-state index in [2.05, 4.69) is 37.9 Å². The quantitative estimate of drug-likeness (QED) is 0.779. The first-order chi connectivity index (χ1) is 8.06. The average Bonchev–Trinajstić information content (AvgIpc) is 2.27. The van der Waals surface area contributed by atoms with E-state index in [0.29, 0.717) is 21.6 Å². The first kappa shape index (κ1) is 12.7. The number of aromatic nitrogens is 2. The van der Waals surface area contributed by atoms with Gasteiger partial charge in [-0.05, 0) is 40.8 Å². The Morgan fingerprint density at radius 1 is 1.24 bits per heavy atom. The Labute approximate surface area is 122 Å². The number of nitrogens with two attached hydrogens (primary N) is 1. The smallest absolute Gasteiger partial charge is 0.222 e. The van der Waals surface area contributed by atoms with Gasteiger partial charge in [0.2, 0.25) is 5.95 Å². The maximum Gasteiger partial charge on any atom is 0.222 e.